The zero-order valence-corrected chi connectivity index (χ0v) is 9.79. The fourth-order valence-electron chi connectivity index (χ4n) is 2.30. The fraction of sp³-hybridized carbons (Fsp3) is 0.308. The average molecular weight is 252 g/mol. The lowest BCUT2D eigenvalue weighted by atomic mass is 9.95. The zero-order chi connectivity index (χ0) is 13.0. The molecule has 0 aliphatic carbocycles. The van der Waals surface area contributed by atoms with Crippen LogP contribution in [0.2, 0.25) is 0 Å². The van der Waals surface area contributed by atoms with Crippen molar-refractivity contribution in [1.29, 1.82) is 0 Å². The standard InChI is InChI=1S/C13H10F2O3/c1-5-6(2)17-12-9(5)7-3-4-8(14)10(15)11(7)18-13(12)16/h3-6H,1-2H3. The topological polar surface area (TPSA) is 39.4 Å². The molecule has 3 nitrogen and oxygen atoms in total. The van der Waals surface area contributed by atoms with Crippen molar-refractivity contribution >= 4 is 11.0 Å². The van der Waals surface area contributed by atoms with E-state index in [4.69, 9.17) is 9.15 Å². The van der Waals surface area contributed by atoms with E-state index in [1.807, 2.05) is 13.8 Å². The summed E-state index contributed by atoms with van der Waals surface area (Å²) in [5.41, 5.74) is -0.519. The van der Waals surface area contributed by atoms with E-state index < -0.39 is 17.3 Å². The lowest BCUT2D eigenvalue weighted by Crippen LogP contribution is -2.11. The van der Waals surface area contributed by atoms with Crippen LogP contribution >= 0.6 is 0 Å². The van der Waals surface area contributed by atoms with Crippen molar-refractivity contribution in [2.45, 2.75) is 25.9 Å². The summed E-state index contributed by atoms with van der Waals surface area (Å²) in [6.45, 7) is 3.69. The lowest BCUT2D eigenvalue weighted by Gasteiger charge is -2.08. The Morgan fingerprint density at radius 1 is 1.22 bits per heavy atom. The molecule has 1 aliphatic rings. The number of hydrogen-bond acceptors (Lipinski definition) is 3. The molecule has 5 heteroatoms. The van der Waals surface area contributed by atoms with Gasteiger partial charge < -0.3 is 9.15 Å². The molecule has 1 aliphatic heterocycles. The normalized spacial score (nSPS) is 22.0. The van der Waals surface area contributed by atoms with Crippen LogP contribution < -0.4 is 10.4 Å². The summed E-state index contributed by atoms with van der Waals surface area (Å²) in [6, 6.07) is 2.43. The predicted octanol–water partition coefficient (Wildman–Crippen LogP) is 2.96. The Kier molecular flexibility index (Phi) is 2.20. The number of hydrogen-bond donors (Lipinski definition) is 0. The number of ether oxygens (including phenoxy) is 1. The zero-order valence-electron chi connectivity index (χ0n) is 9.79. The summed E-state index contributed by atoms with van der Waals surface area (Å²) in [5.74, 6) is -2.14. The Morgan fingerprint density at radius 3 is 2.67 bits per heavy atom. The van der Waals surface area contributed by atoms with Gasteiger partial charge in [-0.05, 0) is 19.1 Å². The van der Waals surface area contributed by atoms with E-state index in [-0.39, 0.29) is 23.4 Å². The third kappa shape index (κ3) is 1.30. The fourth-order valence-corrected chi connectivity index (χ4v) is 2.30. The van der Waals surface area contributed by atoms with Gasteiger partial charge in [-0.25, -0.2) is 9.18 Å². The van der Waals surface area contributed by atoms with E-state index in [0.29, 0.717) is 10.9 Å². The van der Waals surface area contributed by atoms with Crippen LogP contribution in [0.15, 0.2) is 21.3 Å². The molecule has 0 saturated carbocycles. The molecule has 1 aromatic carbocycles. The monoisotopic (exact) mass is 252 g/mol. The van der Waals surface area contributed by atoms with Crippen molar-refractivity contribution in [2.24, 2.45) is 0 Å². The van der Waals surface area contributed by atoms with Gasteiger partial charge in [0, 0.05) is 16.9 Å². The SMILES string of the molecule is CC1Oc2c(c3ccc(F)c(F)c3oc2=O)C1C. The van der Waals surface area contributed by atoms with Crippen LogP contribution in [0.4, 0.5) is 8.78 Å². The molecule has 3 rings (SSSR count). The number of halogens is 2. The molecule has 1 aromatic heterocycles. The van der Waals surface area contributed by atoms with Gasteiger partial charge in [-0.15, -0.1) is 0 Å². The Hall–Kier alpha value is -1.91. The number of rotatable bonds is 0. The summed E-state index contributed by atoms with van der Waals surface area (Å²) in [5, 5.41) is 0.389. The number of fused-ring (bicyclic) bond motifs is 3. The Bertz CT molecular complexity index is 705. The van der Waals surface area contributed by atoms with Crippen LogP contribution in [0.25, 0.3) is 11.0 Å². The highest BCUT2D eigenvalue weighted by atomic mass is 19.2. The molecule has 0 amide bonds. The molecule has 94 valence electrons. The van der Waals surface area contributed by atoms with E-state index in [9.17, 15) is 13.6 Å². The van der Waals surface area contributed by atoms with Gasteiger partial charge in [0.2, 0.25) is 11.6 Å². The maximum Gasteiger partial charge on any atom is 0.379 e. The van der Waals surface area contributed by atoms with E-state index in [0.717, 1.165) is 6.07 Å². The third-order valence-corrected chi connectivity index (χ3v) is 3.43. The Morgan fingerprint density at radius 2 is 1.94 bits per heavy atom. The first-order valence-electron chi connectivity index (χ1n) is 5.62. The first-order chi connectivity index (χ1) is 8.50. The van der Waals surface area contributed by atoms with Crippen LogP contribution in [-0.4, -0.2) is 6.10 Å². The molecule has 2 aromatic rings. The second kappa shape index (κ2) is 3.54. The Balaban J connectivity index is 2.48. The van der Waals surface area contributed by atoms with Crippen LogP contribution in [0, 0.1) is 11.6 Å². The highest BCUT2D eigenvalue weighted by Crippen LogP contribution is 2.40. The van der Waals surface area contributed by atoms with Crippen molar-refractivity contribution in [3.05, 3.63) is 39.8 Å². The van der Waals surface area contributed by atoms with Gasteiger partial charge in [0.25, 0.3) is 0 Å². The average Bonchev–Trinajstić information content (AvgIpc) is 2.63. The third-order valence-electron chi connectivity index (χ3n) is 3.43. The van der Waals surface area contributed by atoms with Crippen molar-refractivity contribution in [3.63, 3.8) is 0 Å². The highest BCUT2D eigenvalue weighted by Gasteiger charge is 2.33. The smallest absolute Gasteiger partial charge is 0.379 e. The van der Waals surface area contributed by atoms with Gasteiger partial charge in [0.15, 0.2) is 11.4 Å². The molecule has 0 fully saturated rings. The van der Waals surface area contributed by atoms with Gasteiger partial charge in [-0.1, -0.05) is 6.92 Å². The molecule has 0 N–H and O–H groups in total. The summed E-state index contributed by atoms with van der Waals surface area (Å²) < 4.78 is 37.0. The minimum Gasteiger partial charge on any atom is -0.483 e. The quantitative estimate of drug-likeness (QED) is 0.677. The molecule has 2 heterocycles. The van der Waals surface area contributed by atoms with E-state index >= 15 is 0 Å². The van der Waals surface area contributed by atoms with Gasteiger partial charge in [0.1, 0.15) is 6.10 Å². The lowest BCUT2D eigenvalue weighted by molar-refractivity contribution is 0.225. The van der Waals surface area contributed by atoms with Gasteiger partial charge >= 0.3 is 5.63 Å². The van der Waals surface area contributed by atoms with E-state index in [2.05, 4.69) is 0 Å². The molecule has 2 atom stereocenters. The first kappa shape index (κ1) is 11.2. The van der Waals surface area contributed by atoms with Crippen molar-refractivity contribution in [3.8, 4) is 5.75 Å². The van der Waals surface area contributed by atoms with E-state index in [1.54, 1.807) is 0 Å². The molecule has 0 spiro atoms. The molecular formula is C13H10F2O3. The van der Waals surface area contributed by atoms with Crippen LogP contribution in [0.5, 0.6) is 5.75 Å². The molecule has 0 saturated heterocycles. The summed E-state index contributed by atoms with van der Waals surface area (Å²) in [7, 11) is 0. The Labute approximate surface area is 101 Å². The van der Waals surface area contributed by atoms with Crippen LogP contribution in [0.3, 0.4) is 0 Å². The van der Waals surface area contributed by atoms with Gasteiger partial charge in [-0.3, -0.25) is 0 Å². The maximum absolute atomic E-state index is 13.6. The second-order valence-electron chi connectivity index (χ2n) is 4.48. The first-order valence-corrected chi connectivity index (χ1v) is 5.62. The molecule has 0 bridgehead atoms. The highest BCUT2D eigenvalue weighted by molar-refractivity contribution is 5.84. The second-order valence-corrected chi connectivity index (χ2v) is 4.48. The predicted molar refractivity (Wildman–Crippen MR) is 60.9 cm³/mol. The largest absolute Gasteiger partial charge is 0.483 e. The minimum atomic E-state index is -1.14. The minimum absolute atomic E-state index is 0.0727. The summed E-state index contributed by atoms with van der Waals surface area (Å²) >= 11 is 0. The van der Waals surface area contributed by atoms with Crippen LogP contribution in [0.1, 0.15) is 25.3 Å². The number of benzene rings is 1. The van der Waals surface area contributed by atoms with Crippen molar-refractivity contribution in [2.75, 3.05) is 0 Å². The maximum atomic E-state index is 13.6. The van der Waals surface area contributed by atoms with Crippen molar-refractivity contribution < 1.29 is 17.9 Å². The van der Waals surface area contributed by atoms with Gasteiger partial charge in [-0.2, -0.15) is 4.39 Å². The molecule has 18 heavy (non-hydrogen) atoms. The van der Waals surface area contributed by atoms with E-state index in [1.165, 1.54) is 6.07 Å². The summed E-state index contributed by atoms with van der Waals surface area (Å²) in [6.07, 6.45) is -0.193. The molecular weight excluding hydrogens is 242 g/mol. The molecule has 2 unspecified atom stereocenters. The summed E-state index contributed by atoms with van der Waals surface area (Å²) in [4.78, 5) is 11.7. The molecule has 0 radical (unpaired) electrons. The van der Waals surface area contributed by atoms with Crippen molar-refractivity contribution in [1.82, 2.24) is 0 Å². The van der Waals surface area contributed by atoms with Gasteiger partial charge in [0.05, 0.1) is 0 Å². The van der Waals surface area contributed by atoms with Crippen LogP contribution in [-0.2, 0) is 0 Å².